The highest BCUT2D eigenvalue weighted by atomic mass is 16.5. The van der Waals surface area contributed by atoms with Crippen LogP contribution in [0.3, 0.4) is 0 Å². The minimum Gasteiger partial charge on any atom is -0.461 e. The molecule has 236 valence electrons. The summed E-state index contributed by atoms with van der Waals surface area (Å²) in [6.07, 6.45) is 6.50. The molecule has 4 heteroatoms. The molecule has 1 unspecified atom stereocenters. The molecule has 2 aliphatic rings. The van der Waals surface area contributed by atoms with Crippen molar-refractivity contribution >= 4 is 49.6 Å². The van der Waals surface area contributed by atoms with Crippen molar-refractivity contribution in [2.75, 3.05) is 0 Å². The van der Waals surface area contributed by atoms with Gasteiger partial charge in [0.2, 0.25) is 0 Å². The zero-order valence-electron chi connectivity index (χ0n) is 27.0. The first-order chi connectivity index (χ1) is 24.2. The number of carbonyl (C=O) groups excluding carboxylic acids is 1. The van der Waals surface area contributed by atoms with Crippen molar-refractivity contribution in [3.8, 4) is 22.5 Å². The van der Waals surface area contributed by atoms with Crippen molar-refractivity contribution in [3.05, 3.63) is 157 Å². The largest absolute Gasteiger partial charge is 0.461 e. The summed E-state index contributed by atoms with van der Waals surface area (Å²) in [6.45, 7) is 0.302. The van der Waals surface area contributed by atoms with Crippen LogP contribution < -0.4 is 0 Å². The number of hydrogen-bond acceptors (Lipinski definition) is 2. The zero-order valence-corrected chi connectivity index (χ0v) is 27.0. The average Bonchev–Trinajstić information content (AvgIpc) is 3.95. The highest BCUT2D eigenvalue weighted by Gasteiger charge is 2.40. The van der Waals surface area contributed by atoms with Crippen LogP contribution in [-0.2, 0) is 16.1 Å². The minimum absolute atomic E-state index is 0.0154. The Bertz CT molecular complexity index is 2530. The van der Waals surface area contributed by atoms with Crippen molar-refractivity contribution in [3.63, 3.8) is 0 Å². The highest BCUT2D eigenvalue weighted by molar-refractivity contribution is 6.10. The summed E-state index contributed by atoms with van der Waals surface area (Å²) in [4.78, 5) is 12.9. The van der Waals surface area contributed by atoms with E-state index in [0.29, 0.717) is 18.4 Å². The molecular weight excluding hydrogens is 601 g/mol. The molecule has 1 fully saturated rings. The van der Waals surface area contributed by atoms with E-state index in [9.17, 15) is 4.79 Å². The van der Waals surface area contributed by atoms with E-state index >= 15 is 0 Å². The van der Waals surface area contributed by atoms with Gasteiger partial charge in [-0.25, -0.2) is 0 Å². The molecule has 1 saturated carbocycles. The second-order valence-electron chi connectivity index (χ2n) is 13.7. The summed E-state index contributed by atoms with van der Waals surface area (Å²) in [7, 11) is 0. The molecular formula is C45H34N2O2. The van der Waals surface area contributed by atoms with Crippen LogP contribution in [0.5, 0.6) is 0 Å². The first-order valence-corrected chi connectivity index (χ1v) is 17.3. The van der Waals surface area contributed by atoms with Gasteiger partial charge in [-0.3, -0.25) is 4.79 Å². The van der Waals surface area contributed by atoms with Gasteiger partial charge in [-0.1, -0.05) is 97.1 Å². The number of nitrogens with zero attached hydrogens (tertiary/aromatic N) is 2. The SMILES string of the molecule is O=C(OCc1ccc2c(c1)c1ccccc1n2-c1ccc(-c2ccc(-n3c4ccccc4c4ccccc43)cc2)cc1)C1C[C@H]2C=C[C@@H]1C2. The predicted molar refractivity (Wildman–Crippen MR) is 199 cm³/mol. The molecule has 0 spiro atoms. The van der Waals surface area contributed by atoms with Crippen molar-refractivity contribution in [1.29, 1.82) is 0 Å². The van der Waals surface area contributed by atoms with Crippen LogP contribution in [0.25, 0.3) is 66.1 Å². The molecule has 6 aromatic carbocycles. The van der Waals surface area contributed by atoms with Gasteiger partial charge in [0.1, 0.15) is 6.61 Å². The number of rotatable bonds is 6. The lowest BCUT2D eigenvalue weighted by molar-refractivity contribution is -0.150. The lowest BCUT2D eigenvalue weighted by atomic mass is 9.94. The summed E-state index contributed by atoms with van der Waals surface area (Å²) >= 11 is 0. The van der Waals surface area contributed by atoms with Gasteiger partial charge in [0.25, 0.3) is 0 Å². The summed E-state index contributed by atoms with van der Waals surface area (Å²) in [6, 6.07) is 50.0. The molecule has 10 rings (SSSR count). The van der Waals surface area contributed by atoms with E-state index in [-0.39, 0.29) is 11.9 Å². The molecule has 2 bridgehead atoms. The summed E-state index contributed by atoms with van der Waals surface area (Å²) in [5.74, 6) is 0.870. The first-order valence-electron chi connectivity index (χ1n) is 17.3. The fraction of sp³-hybridized carbons (Fsp3) is 0.133. The standard InChI is InChI=1S/C45H34N2O2/c48-45(39-26-29-13-15-33(39)25-29)49-28-30-14-24-44-40(27-30)38-9-3-6-12-43(38)47(44)35-22-18-32(19-23-35)31-16-20-34(21-17-31)46-41-10-4-1-7-36(41)37-8-2-5-11-42(37)46/h1-24,27,29,33,39H,25-26,28H2/t29-,33+,39?/m0/s1. The van der Waals surface area contributed by atoms with Crippen LogP contribution in [0, 0.1) is 17.8 Å². The Morgan fingerprint density at radius 2 is 1.06 bits per heavy atom. The molecule has 2 aromatic heterocycles. The van der Waals surface area contributed by atoms with Crippen molar-refractivity contribution < 1.29 is 9.53 Å². The Morgan fingerprint density at radius 3 is 1.57 bits per heavy atom. The summed E-state index contributed by atoms with van der Waals surface area (Å²) < 4.78 is 10.5. The van der Waals surface area contributed by atoms with Gasteiger partial charge in [-0.2, -0.15) is 0 Å². The second-order valence-corrected chi connectivity index (χ2v) is 13.7. The van der Waals surface area contributed by atoms with E-state index < -0.39 is 0 Å². The molecule has 49 heavy (non-hydrogen) atoms. The van der Waals surface area contributed by atoms with E-state index in [2.05, 4.69) is 161 Å². The minimum atomic E-state index is -0.0548. The molecule has 2 aliphatic carbocycles. The lowest BCUT2D eigenvalue weighted by Crippen LogP contribution is -2.21. The predicted octanol–water partition coefficient (Wildman–Crippen LogP) is 10.8. The molecule has 0 aliphatic heterocycles. The Hall–Kier alpha value is -5.87. The summed E-state index contributed by atoms with van der Waals surface area (Å²) in [5, 5.41) is 4.89. The maximum atomic E-state index is 12.9. The van der Waals surface area contributed by atoms with Gasteiger partial charge in [0, 0.05) is 32.9 Å². The third-order valence-electron chi connectivity index (χ3n) is 10.9. The molecule has 0 saturated heterocycles. The number of aromatic nitrogens is 2. The topological polar surface area (TPSA) is 36.2 Å². The monoisotopic (exact) mass is 634 g/mol. The molecule has 8 aromatic rings. The second kappa shape index (κ2) is 11.1. The molecule has 2 heterocycles. The van der Waals surface area contributed by atoms with E-state index in [1.54, 1.807) is 0 Å². The molecule has 3 atom stereocenters. The molecule has 0 amide bonds. The first kappa shape index (κ1) is 28.2. The third-order valence-corrected chi connectivity index (χ3v) is 10.9. The summed E-state index contributed by atoms with van der Waals surface area (Å²) in [5.41, 5.74) is 10.4. The van der Waals surface area contributed by atoms with Gasteiger partial charge < -0.3 is 13.9 Å². The maximum absolute atomic E-state index is 12.9. The quantitative estimate of drug-likeness (QED) is 0.135. The fourth-order valence-electron chi connectivity index (χ4n) is 8.51. The van der Waals surface area contributed by atoms with Gasteiger partial charge in [0.05, 0.1) is 28.0 Å². The maximum Gasteiger partial charge on any atom is 0.309 e. The number of hydrogen-bond donors (Lipinski definition) is 0. The Balaban J connectivity index is 0.945. The number of fused-ring (bicyclic) bond motifs is 8. The number of esters is 1. The van der Waals surface area contributed by atoms with Crippen molar-refractivity contribution in [1.82, 2.24) is 9.13 Å². The number of para-hydroxylation sites is 3. The Kier molecular flexibility index (Phi) is 6.38. The van der Waals surface area contributed by atoms with Gasteiger partial charge >= 0.3 is 5.97 Å². The van der Waals surface area contributed by atoms with Gasteiger partial charge in [0.15, 0.2) is 0 Å². The van der Waals surface area contributed by atoms with Crippen LogP contribution >= 0.6 is 0 Å². The van der Waals surface area contributed by atoms with Crippen LogP contribution in [-0.4, -0.2) is 15.1 Å². The van der Waals surface area contributed by atoms with Gasteiger partial charge in [-0.15, -0.1) is 0 Å². The molecule has 0 radical (unpaired) electrons. The Morgan fingerprint density at radius 1 is 0.551 bits per heavy atom. The van der Waals surface area contributed by atoms with Crippen LogP contribution in [0.2, 0.25) is 0 Å². The number of benzene rings is 6. The number of carbonyl (C=O) groups is 1. The Labute approximate surface area is 284 Å². The van der Waals surface area contributed by atoms with E-state index in [4.69, 9.17) is 4.74 Å². The highest BCUT2D eigenvalue weighted by Crippen LogP contribution is 2.44. The average molecular weight is 635 g/mol. The third kappa shape index (κ3) is 4.55. The zero-order chi connectivity index (χ0) is 32.5. The van der Waals surface area contributed by atoms with Gasteiger partial charge in [-0.05, 0) is 96.0 Å². The molecule has 0 N–H and O–H groups in total. The fourth-order valence-corrected chi connectivity index (χ4v) is 8.51. The van der Waals surface area contributed by atoms with Crippen LogP contribution in [0.15, 0.2) is 152 Å². The molecule has 4 nitrogen and oxygen atoms in total. The number of allylic oxidation sites excluding steroid dienone is 2. The van der Waals surface area contributed by atoms with Crippen molar-refractivity contribution in [2.24, 2.45) is 17.8 Å². The van der Waals surface area contributed by atoms with Crippen molar-refractivity contribution in [2.45, 2.75) is 19.4 Å². The van der Waals surface area contributed by atoms with E-state index in [1.807, 2.05) is 0 Å². The lowest BCUT2D eigenvalue weighted by Gasteiger charge is -2.16. The normalized spacial score (nSPS) is 18.3. The van der Waals surface area contributed by atoms with E-state index in [0.717, 1.165) is 46.2 Å². The van der Waals surface area contributed by atoms with E-state index in [1.165, 1.54) is 38.3 Å². The smallest absolute Gasteiger partial charge is 0.309 e. The van der Waals surface area contributed by atoms with Crippen LogP contribution in [0.1, 0.15) is 18.4 Å². The number of ether oxygens (including phenoxy) is 1. The van der Waals surface area contributed by atoms with Crippen LogP contribution in [0.4, 0.5) is 0 Å².